The highest BCUT2D eigenvalue weighted by molar-refractivity contribution is 9.10. The molecule has 0 bridgehead atoms. The van der Waals surface area contributed by atoms with Gasteiger partial charge in [-0.2, -0.15) is 0 Å². The van der Waals surface area contributed by atoms with Gasteiger partial charge in [0.25, 0.3) is 0 Å². The maximum Gasteiger partial charge on any atom is 0.341 e. The average molecular weight is 316 g/mol. The van der Waals surface area contributed by atoms with Crippen LogP contribution in [-0.4, -0.2) is 49.4 Å². The van der Waals surface area contributed by atoms with E-state index >= 15 is 0 Å². The minimum atomic E-state index is -0.417. The summed E-state index contributed by atoms with van der Waals surface area (Å²) in [6.07, 6.45) is 1.63. The maximum atomic E-state index is 11.7. The number of nitrogens with zero attached hydrogens (tertiary/aromatic N) is 2. The Morgan fingerprint density at radius 2 is 2.28 bits per heavy atom. The Morgan fingerprint density at radius 3 is 2.94 bits per heavy atom. The fourth-order valence-corrected chi connectivity index (χ4v) is 1.95. The molecule has 0 saturated carbocycles. The van der Waals surface area contributed by atoms with Gasteiger partial charge in [-0.15, -0.1) is 0 Å². The summed E-state index contributed by atoms with van der Waals surface area (Å²) < 4.78 is 10.7. The number of morpholine rings is 1. The van der Waals surface area contributed by atoms with E-state index in [2.05, 4.69) is 26.3 Å². The number of rotatable bonds is 3. The summed E-state index contributed by atoms with van der Waals surface area (Å²) in [4.78, 5) is 15.9. The number of pyridine rings is 1. The molecular weight excluding hydrogens is 302 g/mol. The lowest BCUT2D eigenvalue weighted by Crippen LogP contribution is -2.40. The lowest BCUT2D eigenvalue weighted by molar-refractivity contribution is 0.0491. The van der Waals surface area contributed by atoms with E-state index in [0.717, 1.165) is 17.6 Å². The topological polar surface area (TPSA) is 63.7 Å². The number of aromatic nitrogens is 1. The largest absolute Gasteiger partial charge is 0.465 e. The number of esters is 1. The Morgan fingerprint density at radius 1 is 1.56 bits per heavy atom. The minimum absolute atomic E-state index is 0.401. The molecule has 7 heteroatoms. The number of anilines is 1. The van der Waals surface area contributed by atoms with Crippen LogP contribution >= 0.6 is 15.9 Å². The second-order valence-electron chi connectivity index (χ2n) is 3.75. The van der Waals surface area contributed by atoms with Crippen LogP contribution in [0.1, 0.15) is 10.4 Å². The van der Waals surface area contributed by atoms with Crippen molar-refractivity contribution in [2.24, 2.45) is 0 Å². The molecule has 0 atom stereocenters. The normalized spacial score (nSPS) is 16.3. The summed E-state index contributed by atoms with van der Waals surface area (Å²) in [6.45, 7) is 2.82. The molecule has 1 aliphatic heterocycles. The summed E-state index contributed by atoms with van der Waals surface area (Å²) in [7, 11) is 1.35. The van der Waals surface area contributed by atoms with Gasteiger partial charge in [-0.1, -0.05) is 0 Å². The van der Waals surface area contributed by atoms with E-state index in [4.69, 9.17) is 9.47 Å². The highest BCUT2D eigenvalue weighted by Gasteiger charge is 2.17. The van der Waals surface area contributed by atoms with Gasteiger partial charge in [0, 0.05) is 23.8 Å². The van der Waals surface area contributed by atoms with Gasteiger partial charge in [-0.3, -0.25) is 0 Å². The van der Waals surface area contributed by atoms with Gasteiger partial charge in [-0.25, -0.2) is 14.8 Å². The SMILES string of the molecule is COC(=O)c1cc(Br)cnc1NN1CCOCC1. The first kappa shape index (κ1) is 13.3. The Kier molecular flexibility index (Phi) is 4.51. The summed E-state index contributed by atoms with van der Waals surface area (Å²) in [5.74, 6) is 0.0755. The summed E-state index contributed by atoms with van der Waals surface area (Å²) >= 11 is 3.29. The zero-order valence-corrected chi connectivity index (χ0v) is 11.6. The quantitative estimate of drug-likeness (QED) is 0.848. The minimum Gasteiger partial charge on any atom is -0.465 e. The van der Waals surface area contributed by atoms with Crippen molar-refractivity contribution < 1.29 is 14.3 Å². The molecule has 0 radical (unpaired) electrons. The van der Waals surface area contributed by atoms with Crippen LogP contribution in [0.3, 0.4) is 0 Å². The van der Waals surface area contributed by atoms with Gasteiger partial charge >= 0.3 is 5.97 Å². The lowest BCUT2D eigenvalue weighted by atomic mass is 10.2. The van der Waals surface area contributed by atoms with Gasteiger partial charge in [0.05, 0.1) is 20.3 Å². The zero-order chi connectivity index (χ0) is 13.0. The molecule has 0 unspecified atom stereocenters. The Balaban J connectivity index is 2.17. The number of carbonyl (C=O) groups is 1. The molecule has 1 aliphatic rings. The number of ether oxygens (including phenoxy) is 2. The molecule has 2 rings (SSSR count). The van der Waals surface area contributed by atoms with Crippen LogP contribution in [0.5, 0.6) is 0 Å². The molecule has 0 spiro atoms. The summed E-state index contributed by atoms with van der Waals surface area (Å²) in [5, 5.41) is 1.96. The molecule has 1 saturated heterocycles. The third kappa shape index (κ3) is 3.18. The van der Waals surface area contributed by atoms with E-state index in [9.17, 15) is 4.79 Å². The number of hydrogen-bond acceptors (Lipinski definition) is 6. The maximum absolute atomic E-state index is 11.7. The van der Waals surface area contributed by atoms with Crippen LogP contribution < -0.4 is 5.43 Å². The number of hydrazine groups is 1. The third-order valence-electron chi connectivity index (χ3n) is 2.53. The van der Waals surface area contributed by atoms with Gasteiger partial charge in [-0.05, 0) is 22.0 Å². The number of nitrogens with one attached hydrogen (secondary N) is 1. The van der Waals surface area contributed by atoms with Crippen molar-refractivity contribution in [2.75, 3.05) is 38.8 Å². The highest BCUT2D eigenvalue weighted by atomic mass is 79.9. The van der Waals surface area contributed by atoms with Gasteiger partial charge < -0.3 is 14.9 Å². The Labute approximate surface area is 113 Å². The van der Waals surface area contributed by atoms with E-state index in [-0.39, 0.29) is 0 Å². The molecule has 2 heterocycles. The monoisotopic (exact) mass is 315 g/mol. The second-order valence-corrected chi connectivity index (χ2v) is 4.67. The molecular formula is C11H14BrN3O3. The van der Waals surface area contributed by atoms with Crippen LogP contribution in [0, 0.1) is 0 Å². The van der Waals surface area contributed by atoms with Crippen molar-refractivity contribution in [3.63, 3.8) is 0 Å². The first-order valence-electron chi connectivity index (χ1n) is 5.54. The fraction of sp³-hybridized carbons (Fsp3) is 0.455. The molecule has 0 amide bonds. The van der Waals surface area contributed by atoms with Crippen molar-refractivity contribution in [1.82, 2.24) is 9.99 Å². The molecule has 0 aromatic carbocycles. The molecule has 18 heavy (non-hydrogen) atoms. The first-order valence-corrected chi connectivity index (χ1v) is 6.33. The predicted octanol–water partition coefficient (Wildman–Crippen LogP) is 1.29. The Bertz CT molecular complexity index is 436. The van der Waals surface area contributed by atoms with Crippen molar-refractivity contribution in [3.05, 3.63) is 22.3 Å². The Hall–Kier alpha value is -1.18. The lowest BCUT2D eigenvalue weighted by Gasteiger charge is -2.28. The number of carbonyl (C=O) groups excluding carboxylic acids is 1. The van der Waals surface area contributed by atoms with Crippen molar-refractivity contribution in [1.29, 1.82) is 0 Å². The van der Waals surface area contributed by atoms with Gasteiger partial charge in [0.1, 0.15) is 5.56 Å². The highest BCUT2D eigenvalue weighted by Crippen LogP contribution is 2.19. The van der Waals surface area contributed by atoms with Crippen molar-refractivity contribution in [3.8, 4) is 0 Å². The first-order chi connectivity index (χ1) is 8.70. The summed E-state index contributed by atoms with van der Waals surface area (Å²) in [5.41, 5.74) is 3.51. The fourth-order valence-electron chi connectivity index (χ4n) is 1.62. The van der Waals surface area contributed by atoms with E-state index in [1.807, 2.05) is 5.01 Å². The number of hydrogen-bond donors (Lipinski definition) is 1. The number of halogens is 1. The molecule has 6 nitrogen and oxygen atoms in total. The molecule has 1 aromatic heterocycles. The molecule has 1 fully saturated rings. The predicted molar refractivity (Wildman–Crippen MR) is 69.3 cm³/mol. The van der Waals surface area contributed by atoms with Crippen LogP contribution in [0.2, 0.25) is 0 Å². The van der Waals surface area contributed by atoms with E-state index < -0.39 is 5.97 Å². The van der Waals surface area contributed by atoms with Crippen molar-refractivity contribution >= 4 is 27.7 Å². The summed E-state index contributed by atoms with van der Waals surface area (Å²) in [6, 6.07) is 1.68. The molecule has 0 aliphatic carbocycles. The molecule has 1 N–H and O–H groups in total. The average Bonchev–Trinajstić information content (AvgIpc) is 2.41. The second kappa shape index (κ2) is 6.12. The third-order valence-corrected chi connectivity index (χ3v) is 2.97. The number of methoxy groups -OCH3 is 1. The van der Waals surface area contributed by atoms with Crippen LogP contribution in [0.25, 0.3) is 0 Å². The van der Waals surface area contributed by atoms with Gasteiger partial charge in [0.2, 0.25) is 0 Å². The van der Waals surface area contributed by atoms with Crippen molar-refractivity contribution in [2.45, 2.75) is 0 Å². The smallest absolute Gasteiger partial charge is 0.341 e. The molecule has 98 valence electrons. The van der Waals surface area contributed by atoms with Crippen LogP contribution in [0.15, 0.2) is 16.7 Å². The van der Waals surface area contributed by atoms with Gasteiger partial charge in [0.15, 0.2) is 5.82 Å². The molecule has 1 aromatic rings. The van der Waals surface area contributed by atoms with E-state index in [1.54, 1.807) is 12.3 Å². The standard InChI is InChI=1S/C11H14BrN3O3/c1-17-11(16)9-6-8(12)7-13-10(9)14-15-2-4-18-5-3-15/h6-7H,2-5H2,1H3,(H,13,14). The van der Waals surface area contributed by atoms with Crippen LogP contribution in [-0.2, 0) is 9.47 Å². The van der Waals surface area contributed by atoms with E-state index in [1.165, 1.54) is 7.11 Å². The van der Waals surface area contributed by atoms with Crippen LogP contribution in [0.4, 0.5) is 5.82 Å². The van der Waals surface area contributed by atoms with E-state index in [0.29, 0.717) is 24.6 Å². The zero-order valence-electron chi connectivity index (χ0n) is 9.98.